The molecule has 1 saturated heterocycles. The van der Waals surface area contributed by atoms with Gasteiger partial charge in [-0.1, -0.05) is 18.2 Å². The zero-order chi connectivity index (χ0) is 19.8. The van der Waals surface area contributed by atoms with Crippen LogP contribution in [0, 0.1) is 0 Å². The summed E-state index contributed by atoms with van der Waals surface area (Å²) in [5, 5.41) is 6.46. The predicted octanol–water partition coefficient (Wildman–Crippen LogP) is 3.55. The van der Waals surface area contributed by atoms with Crippen molar-refractivity contribution in [2.24, 2.45) is 4.99 Å². The topological polar surface area (TPSA) is 54.9 Å². The summed E-state index contributed by atoms with van der Waals surface area (Å²) in [4.78, 5) is 4.43. The van der Waals surface area contributed by atoms with E-state index in [1.165, 1.54) is 12.1 Å². The van der Waals surface area contributed by atoms with Gasteiger partial charge in [-0.15, -0.1) is 13.2 Å². The number of ether oxygens (including phenoxy) is 2. The Morgan fingerprint density at radius 1 is 1.26 bits per heavy atom. The van der Waals surface area contributed by atoms with Crippen molar-refractivity contribution < 1.29 is 22.6 Å². The molecule has 2 N–H and O–H groups in total. The molecule has 0 spiro atoms. The number of aliphatic imine (C=N–C) groups is 1. The Hall–Kier alpha value is -1.61. The van der Waals surface area contributed by atoms with Gasteiger partial charge in [0.25, 0.3) is 0 Å². The largest absolute Gasteiger partial charge is 0.573 e. The molecule has 9 heteroatoms. The number of alkyl halides is 3. The quantitative estimate of drug-likeness (QED) is 0.537. The number of hydrogen-bond acceptors (Lipinski definition) is 4. The van der Waals surface area contributed by atoms with Crippen molar-refractivity contribution in [2.75, 3.05) is 32.6 Å². The van der Waals surface area contributed by atoms with E-state index >= 15 is 0 Å². The number of nitrogens with one attached hydrogen (secondary N) is 2. The molecule has 1 fully saturated rings. The maximum absolute atomic E-state index is 12.6. The van der Waals surface area contributed by atoms with Crippen LogP contribution in [0.1, 0.15) is 25.3 Å². The minimum absolute atomic E-state index is 0.0751. The smallest absolute Gasteiger partial charge is 0.405 e. The first-order valence-corrected chi connectivity index (χ1v) is 10.1. The van der Waals surface area contributed by atoms with Crippen LogP contribution in [-0.4, -0.2) is 49.6 Å². The van der Waals surface area contributed by atoms with Gasteiger partial charge in [-0.05, 0) is 32.1 Å². The van der Waals surface area contributed by atoms with Crippen LogP contribution in [0.5, 0.6) is 5.75 Å². The second kappa shape index (κ2) is 10.1. The van der Waals surface area contributed by atoms with Gasteiger partial charge in [0, 0.05) is 36.6 Å². The molecule has 2 rings (SSSR count). The normalized spacial score (nSPS) is 17.4. The number of hydrogen-bond donors (Lipinski definition) is 2. The van der Waals surface area contributed by atoms with Gasteiger partial charge in [0.05, 0.1) is 6.54 Å². The van der Waals surface area contributed by atoms with Gasteiger partial charge >= 0.3 is 6.36 Å². The molecule has 0 unspecified atom stereocenters. The summed E-state index contributed by atoms with van der Waals surface area (Å²) in [6, 6.07) is 6.05. The molecule has 0 atom stereocenters. The zero-order valence-corrected chi connectivity index (χ0v) is 16.4. The summed E-state index contributed by atoms with van der Waals surface area (Å²) in [5.74, 6) is 0.342. The van der Waals surface area contributed by atoms with Gasteiger partial charge in [0.2, 0.25) is 0 Å². The molecule has 1 aliphatic heterocycles. The maximum Gasteiger partial charge on any atom is 0.573 e. The standard InChI is InChI=1S/C18H26F3N3O2S/c1-3-22-16(24-13-17(27-2)8-10-25-11-9-17)23-12-14-6-4-5-7-15(14)26-18(19,20)21/h4-7H,3,8-13H2,1-2H3,(H2,22,23,24). The highest BCUT2D eigenvalue weighted by Gasteiger charge is 2.32. The summed E-state index contributed by atoms with van der Waals surface area (Å²) < 4.78 is 47.3. The summed E-state index contributed by atoms with van der Waals surface area (Å²) >= 11 is 1.81. The second-order valence-corrected chi connectivity index (χ2v) is 7.48. The maximum atomic E-state index is 12.6. The summed E-state index contributed by atoms with van der Waals surface area (Å²) in [6.45, 7) is 4.86. The highest BCUT2D eigenvalue weighted by Crippen LogP contribution is 2.33. The Morgan fingerprint density at radius 3 is 2.59 bits per heavy atom. The lowest BCUT2D eigenvalue weighted by Crippen LogP contribution is -2.47. The van der Waals surface area contributed by atoms with Crippen LogP contribution in [0.15, 0.2) is 29.3 Å². The fraction of sp³-hybridized carbons (Fsp3) is 0.611. The van der Waals surface area contributed by atoms with E-state index < -0.39 is 6.36 Å². The summed E-state index contributed by atoms with van der Waals surface area (Å²) in [7, 11) is 0. The molecule has 1 heterocycles. The minimum atomic E-state index is -4.73. The Morgan fingerprint density at radius 2 is 1.96 bits per heavy atom. The first-order valence-electron chi connectivity index (χ1n) is 8.86. The number of thioether (sulfide) groups is 1. The van der Waals surface area contributed by atoms with Crippen molar-refractivity contribution in [2.45, 2.75) is 37.4 Å². The van der Waals surface area contributed by atoms with Crippen LogP contribution in [-0.2, 0) is 11.3 Å². The average molecular weight is 405 g/mol. The molecule has 0 aromatic heterocycles. The van der Waals surface area contributed by atoms with Crippen molar-refractivity contribution in [1.29, 1.82) is 0 Å². The molecule has 1 aromatic carbocycles. The van der Waals surface area contributed by atoms with E-state index in [-0.39, 0.29) is 17.0 Å². The monoisotopic (exact) mass is 405 g/mol. The number of para-hydroxylation sites is 1. The Balaban J connectivity index is 2.05. The van der Waals surface area contributed by atoms with Crippen LogP contribution in [0.4, 0.5) is 13.2 Å². The van der Waals surface area contributed by atoms with Gasteiger partial charge in [-0.25, -0.2) is 4.99 Å². The molecular weight excluding hydrogens is 379 g/mol. The van der Waals surface area contributed by atoms with Crippen LogP contribution < -0.4 is 15.4 Å². The number of benzene rings is 1. The molecule has 0 saturated carbocycles. The van der Waals surface area contributed by atoms with E-state index in [2.05, 4.69) is 26.6 Å². The molecule has 0 bridgehead atoms. The van der Waals surface area contributed by atoms with Crippen molar-refractivity contribution in [1.82, 2.24) is 10.6 Å². The van der Waals surface area contributed by atoms with Crippen LogP contribution in [0.2, 0.25) is 0 Å². The lowest BCUT2D eigenvalue weighted by atomic mass is 9.99. The van der Waals surface area contributed by atoms with Crippen molar-refractivity contribution >= 4 is 17.7 Å². The molecule has 1 aliphatic rings. The minimum Gasteiger partial charge on any atom is -0.405 e. The predicted molar refractivity (Wildman–Crippen MR) is 102 cm³/mol. The summed E-state index contributed by atoms with van der Waals surface area (Å²) in [5.41, 5.74) is 0.373. The Kier molecular flexibility index (Phi) is 8.09. The van der Waals surface area contributed by atoms with Crippen molar-refractivity contribution in [3.8, 4) is 5.75 Å². The van der Waals surface area contributed by atoms with E-state index in [1.54, 1.807) is 23.9 Å². The van der Waals surface area contributed by atoms with Crippen LogP contribution in [0.3, 0.4) is 0 Å². The van der Waals surface area contributed by atoms with Crippen LogP contribution >= 0.6 is 11.8 Å². The van der Waals surface area contributed by atoms with Gasteiger partial charge in [0.15, 0.2) is 5.96 Å². The third-order valence-electron chi connectivity index (χ3n) is 4.37. The zero-order valence-electron chi connectivity index (χ0n) is 15.6. The molecule has 5 nitrogen and oxygen atoms in total. The van der Waals surface area contributed by atoms with Crippen LogP contribution in [0.25, 0.3) is 0 Å². The lowest BCUT2D eigenvalue weighted by molar-refractivity contribution is -0.274. The number of rotatable bonds is 7. The molecular formula is C18H26F3N3O2S. The highest BCUT2D eigenvalue weighted by atomic mass is 32.2. The van der Waals surface area contributed by atoms with Gasteiger partial charge in [-0.3, -0.25) is 0 Å². The van der Waals surface area contributed by atoms with Gasteiger partial charge < -0.3 is 20.1 Å². The third kappa shape index (κ3) is 7.14. The van der Waals surface area contributed by atoms with Crippen molar-refractivity contribution in [3.63, 3.8) is 0 Å². The lowest BCUT2D eigenvalue weighted by Gasteiger charge is -2.36. The SMILES string of the molecule is CCNC(=NCc1ccccc1OC(F)(F)F)NCC1(SC)CCOCC1. The fourth-order valence-corrected chi connectivity index (χ4v) is 3.60. The van der Waals surface area contributed by atoms with E-state index in [1.807, 2.05) is 6.92 Å². The number of guanidine groups is 1. The van der Waals surface area contributed by atoms with E-state index in [0.29, 0.717) is 24.6 Å². The van der Waals surface area contributed by atoms with Crippen molar-refractivity contribution in [3.05, 3.63) is 29.8 Å². The first-order chi connectivity index (χ1) is 12.9. The molecule has 0 aliphatic carbocycles. The van der Waals surface area contributed by atoms with E-state index in [4.69, 9.17) is 4.74 Å². The third-order valence-corrected chi connectivity index (χ3v) is 5.78. The molecule has 1 aromatic rings. The average Bonchev–Trinajstić information content (AvgIpc) is 2.64. The fourth-order valence-electron chi connectivity index (χ4n) is 2.81. The molecule has 27 heavy (non-hydrogen) atoms. The number of nitrogens with zero attached hydrogens (tertiary/aromatic N) is 1. The molecule has 0 radical (unpaired) electrons. The first kappa shape index (κ1) is 21.7. The molecule has 0 amide bonds. The Labute approximate surface area is 162 Å². The van der Waals surface area contributed by atoms with Gasteiger partial charge in [0.1, 0.15) is 5.75 Å². The highest BCUT2D eigenvalue weighted by molar-refractivity contribution is 8.00. The number of halogens is 3. The second-order valence-electron chi connectivity index (χ2n) is 6.20. The summed E-state index contributed by atoms with van der Waals surface area (Å²) in [6.07, 6.45) is -0.746. The van der Waals surface area contributed by atoms with E-state index in [9.17, 15) is 13.2 Å². The van der Waals surface area contributed by atoms with E-state index in [0.717, 1.165) is 26.1 Å². The molecule has 152 valence electrons. The van der Waals surface area contributed by atoms with Gasteiger partial charge in [-0.2, -0.15) is 11.8 Å². The Bertz CT molecular complexity index is 620.